The molecule has 1 aliphatic carbocycles. The number of ether oxygens (including phenoxy) is 2. The molecule has 2 fully saturated rings. The molecule has 37 heavy (non-hydrogen) atoms. The number of halogens is 1. The Morgan fingerprint density at radius 3 is 2.38 bits per heavy atom. The summed E-state index contributed by atoms with van der Waals surface area (Å²) in [6, 6.07) is 0.182. The topological polar surface area (TPSA) is 144 Å². The summed E-state index contributed by atoms with van der Waals surface area (Å²) in [6.07, 6.45) is 1.82. The van der Waals surface area contributed by atoms with Crippen LogP contribution in [0.3, 0.4) is 0 Å². The van der Waals surface area contributed by atoms with E-state index in [2.05, 4.69) is 5.32 Å². The van der Waals surface area contributed by atoms with Gasteiger partial charge in [0.25, 0.3) is 0 Å². The van der Waals surface area contributed by atoms with Crippen molar-refractivity contribution < 1.29 is 37.0 Å². The predicted molar refractivity (Wildman–Crippen MR) is 133 cm³/mol. The largest absolute Gasteiger partial charge is 0.492 e. The molecule has 1 unspecified atom stereocenters. The van der Waals surface area contributed by atoms with Crippen LogP contribution in [0.5, 0.6) is 5.75 Å². The van der Waals surface area contributed by atoms with Crippen LogP contribution in [0.1, 0.15) is 56.4 Å². The van der Waals surface area contributed by atoms with Crippen LogP contribution in [-0.4, -0.2) is 68.3 Å². The lowest BCUT2D eigenvalue weighted by atomic mass is 10.1. The monoisotopic (exact) mass is 539 g/mol. The molecule has 11 nitrogen and oxygen atoms in total. The first-order valence-electron chi connectivity index (χ1n) is 11.8. The number of rotatable bonds is 6. The fourth-order valence-electron chi connectivity index (χ4n) is 4.75. The molecule has 0 radical (unpaired) electrons. The third-order valence-corrected chi connectivity index (χ3v) is 7.34. The maximum absolute atomic E-state index is 15.6. The van der Waals surface area contributed by atoms with Gasteiger partial charge in [0.15, 0.2) is 26.4 Å². The Morgan fingerprint density at radius 2 is 1.86 bits per heavy atom. The summed E-state index contributed by atoms with van der Waals surface area (Å²) in [4.78, 5) is 39.1. The molecule has 1 saturated carbocycles. The molecule has 1 saturated heterocycles. The summed E-state index contributed by atoms with van der Waals surface area (Å²) in [7, 11) is -2.90. The smallest absolute Gasteiger partial charge is 0.407 e. The molecule has 202 valence electrons. The first-order chi connectivity index (χ1) is 17.1. The predicted octanol–water partition coefficient (Wildman–Crippen LogP) is 2.69. The minimum atomic E-state index is -4.17. The van der Waals surface area contributed by atoms with E-state index in [4.69, 9.17) is 9.47 Å². The van der Waals surface area contributed by atoms with Crippen LogP contribution < -0.4 is 20.4 Å². The van der Waals surface area contributed by atoms with Crippen LogP contribution in [-0.2, 0) is 14.6 Å². The molecule has 2 aromatic rings. The number of pyridine rings is 1. The van der Waals surface area contributed by atoms with Crippen molar-refractivity contribution in [2.24, 2.45) is 0 Å². The number of anilines is 1. The fraction of sp³-hybridized carbons (Fsp3) is 0.542. The number of carbonyl (C=O) groups is 2. The van der Waals surface area contributed by atoms with E-state index >= 15 is 4.39 Å². The third kappa shape index (κ3) is 5.09. The van der Waals surface area contributed by atoms with E-state index in [1.54, 1.807) is 25.7 Å². The van der Waals surface area contributed by atoms with Gasteiger partial charge in [0.1, 0.15) is 16.9 Å². The van der Waals surface area contributed by atoms with Gasteiger partial charge in [-0.2, -0.15) is 0 Å². The van der Waals surface area contributed by atoms with E-state index in [9.17, 15) is 27.9 Å². The normalized spacial score (nSPS) is 18.2. The van der Waals surface area contributed by atoms with E-state index in [1.165, 1.54) is 11.7 Å². The molecule has 1 aliphatic heterocycles. The number of alkyl carbamates (subject to hydrolysis) is 1. The van der Waals surface area contributed by atoms with Gasteiger partial charge < -0.3 is 29.4 Å². The zero-order chi connectivity index (χ0) is 27.4. The molecule has 4 rings (SSSR count). The Hall–Kier alpha value is -3.35. The first kappa shape index (κ1) is 26.7. The van der Waals surface area contributed by atoms with Crippen molar-refractivity contribution in [1.82, 2.24) is 9.88 Å². The molecule has 2 heterocycles. The van der Waals surface area contributed by atoms with Crippen LogP contribution in [0, 0.1) is 5.82 Å². The quantitative estimate of drug-likeness (QED) is 0.566. The Morgan fingerprint density at radius 1 is 1.22 bits per heavy atom. The van der Waals surface area contributed by atoms with Gasteiger partial charge >= 0.3 is 12.1 Å². The number of aromatic carboxylic acids is 1. The number of nitrogens with zero attached hydrogens (tertiary/aromatic N) is 2. The molecular weight excluding hydrogens is 509 g/mol. The van der Waals surface area contributed by atoms with E-state index in [-0.39, 0.29) is 34.9 Å². The number of carboxylic acids is 1. The Kier molecular flexibility index (Phi) is 6.63. The Balaban J connectivity index is 1.89. The van der Waals surface area contributed by atoms with Crippen molar-refractivity contribution in [2.75, 3.05) is 31.4 Å². The maximum Gasteiger partial charge on any atom is 0.407 e. The highest BCUT2D eigenvalue weighted by Gasteiger charge is 2.38. The molecule has 1 aromatic carbocycles. The number of hydrogen-bond acceptors (Lipinski definition) is 8. The lowest BCUT2D eigenvalue weighted by Gasteiger charge is -2.26. The second-order valence-corrected chi connectivity index (χ2v) is 12.3. The summed E-state index contributed by atoms with van der Waals surface area (Å²) in [5.41, 5.74) is -2.68. The number of amides is 1. The molecule has 1 amide bonds. The number of methoxy groups -OCH3 is 1. The minimum absolute atomic E-state index is 0.000172. The van der Waals surface area contributed by atoms with Crippen molar-refractivity contribution >= 4 is 38.5 Å². The van der Waals surface area contributed by atoms with Gasteiger partial charge in [0.05, 0.1) is 24.1 Å². The maximum atomic E-state index is 15.6. The zero-order valence-corrected chi connectivity index (χ0v) is 22.1. The van der Waals surface area contributed by atoms with Crippen LogP contribution in [0.25, 0.3) is 10.9 Å². The number of nitrogens with one attached hydrogen (secondary N) is 1. The lowest BCUT2D eigenvalue weighted by molar-refractivity contribution is 0.0508. The SMILES string of the molecule is COc1c(N2CCC(NC(=O)OC(C)(C)C)C2)c(F)cc2c(=O)c(C(=O)O)c(S(C)(=O)=O)n(C3CC3)c12. The summed E-state index contributed by atoms with van der Waals surface area (Å²) in [5.74, 6) is -2.61. The number of aromatic nitrogens is 1. The van der Waals surface area contributed by atoms with Crippen molar-refractivity contribution in [1.29, 1.82) is 0 Å². The molecule has 13 heteroatoms. The molecule has 2 aliphatic rings. The Labute approximate surface area is 213 Å². The minimum Gasteiger partial charge on any atom is -0.492 e. The summed E-state index contributed by atoms with van der Waals surface area (Å²) in [5, 5.41) is 11.6. The van der Waals surface area contributed by atoms with Crippen molar-refractivity contribution in [3.63, 3.8) is 0 Å². The van der Waals surface area contributed by atoms with Gasteiger partial charge in [-0.05, 0) is 46.1 Å². The van der Waals surface area contributed by atoms with Gasteiger partial charge in [-0.1, -0.05) is 0 Å². The lowest BCUT2D eigenvalue weighted by Crippen LogP contribution is -2.40. The molecule has 0 bridgehead atoms. The third-order valence-electron chi connectivity index (χ3n) is 6.23. The van der Waals surface area contributed by atoms with Gasteiger partial charge in [-0.25, -0.2) is 22.4 Å². The summed E-state index contributed by atoms with van der Waals surface area (Å²) < 4.78 is 53.3. The van der Waals surface area contributed by atoms with Gasteiger partial charge in [0.2, 0.25) is 5.43 Å². The van der Waals surface area contributed by atoms with E-state index < -0.39 is 55.4 Å². The molecular formula is C24H30FN3O8S. The van der Waals surface area contributed by atoms with Crippen LogP contribution >= 0.6 is 0 Å². The number of carbonyl (C=O) groups excluding carboxylic acids is 1. The van der Waals surface area contributed by atoms with Crippen molar-refractivity contribution in [3.8, 4) is 5.75 Å². The average Bonchev–Trinajstić information content (AvgIpc) is 3.49. The molecule has 1 atom stereocenters. The Bertz CT molecular complexity index is 1460. The second-order valence-electron chi connectivity index (χ2n) is 10.4. The van der Waals surface area contributed by atoms with Crippen molar-refractivity contribution in [3.05, 3.63) is 27.7 Å². The highest BCUT2D eigenvalue weighted by atomic mass is 32.2. The van der Waals surface area contributed by atoms with E-state index in [1.807, 2.05) is 0 Å². The van der Waals surface area contributed by atoms with E-state index in [0.717, 1.165) is 12.3 Å². The molecule has 0 spiro atoms. The number of sulfone groups is 1. The zero-order valence-electron chi connectivity index (χ0n) is 21.3. The molecule has 1 aromatic heterocycles. The number of benzene rings is 1. The van der Waals surface area contributed by atoms with Crippen molar-refractivity contribution in [2.45, 2.75) is 62.7 Å². The highest BCUT2D eigenvalue weighted by Crippen LogP contribution is 2.46. The van der Waals surface area contributed by atoms with Crippen LogP contribution in [0.2, 0.25) is 0 Å². The highest BCUT2D eigenvalue weighted by molar-refractivity contribution is 7.90. The molecule has 2 N–H and O–H groups in total. The number of hydrogen-bond donors (Lipinski definition) is 2. The summed E-state index contributed by atoms with van der Waals surface area (Å²) >= 11 is 0. The second kappa shape index (κ2) is 9.19. The standard InChI is InChI=1S/C24H30FN3O8S/c1-24(2,3)36-23(32)26-12-8-9-27(11-12)18-15(25)10-14-17(20(18)35-4)28(13-6-7-13)21(37(5,33)34)16(19(14)29)22(30)31/h10,12-13H,6-9,11H2,1-5H3,(H,26,32)(H,30,31). The summed E-state index contributed by atoms with van der Waals surface area (Å²) in [6.45, 7) is 5.76. The fourth-order valence-corrected chi connectivity index (χ4v) is 5.90. The average molecular weight is 540 g/mol. The number of carboxylic acid groups (broad SMARTS) is 1. The van der Waals surface area contributed by atoms with Gasteiger partial charge in [-0.15, -0.1) is 0 Å². The first-order valence-corrected chi connectivity index (χ1v) is 13.7. The van der Waals surface area contributed by atoms with Crippen LogP contribution in [0.15, 0.2) is 15.9 Å². The number of fused-ring (bicyclic) bond motifs is 1. The van der Waals surface area contributed by atoms with Gasteiger partial charge in [0, 0.05) is 25.4 Å². The van der Waals surface area contributed by atoms with Gasteiger partial charge in [-0.3, -0.25) is 4.79 Å². The van der Waals surface area contributed by atoms with E-state index in [0.29, 0.717) is 25.8 Å². The van der Waals surface area contributed by atoms with Crippen LogP contribution in [0.4, 0.5) is 14.9 Å².